The summed E-state index contributed by atoms with van der Waals surface area (Å²) in [6.45, 7) is 0.548. The Balaban J connectivity index is 2.47. The van der Waals surface area contributed by atoms with Gasteiger partial charge in [0.05, 0.1) is 0 Å². The SMILES string of the molecule is CN(Cc1cc[nH]c1)C(=O)NN. The van der Waals surface area contributed by atoms with Gasteiger partial charge in [0.15, 0.2) is 0 Å². The van der Waals surface area contributed by atoms with E-state index >= 15 is 0 Å². The van der Waals surface area contributed by atoms with E-state index in [2.05, 4.69) is 10.4 Å². The van der Waals surface area contributed by atoms with Crippen LogP contribution < -0.4 is 11.3 Å². The summed E-state index contributed by atoms with van der Waals surface area (Å²) in [4.78, 5) is 15.3. The molecule has 1 aromatic rings. The Labute approximate surface area is 70.5 Å². The van der Waals surface area contributed by atoms with Crippen molar-refractivity contribution < 1.29 is 4.79 Å². The third kappa shape index (κ3) is 2.00. The molecule has 0 aliphatic carbocycles. The van der Waals surface area contributed by atoms with Crippen molar-refractivity contribution in [2.24, 2.45) is 5.84 Å². The molecule has 0 spiro atoms. The number of nitrogens with two attached hydrogens (primary N) is 1. The van der Waals surface area contributed by atoms with Crippen LogP contribution in [0, 0.1) is 0 Å². The van der Waals surface area contributed by atoms with Crippen molar-refractivity contribution in [3.63, 3.8) is 0 Å². The van der Waals surface area contributed by atoms with Crippen molar-refractivity contribution >= 4 is 6.03 Å². The van der Waals surface area contributed by atoms with Crippen LogP contribution in [0.5, 0.6) is 0 Å². The van der Waals surface area contributed by atoms with Gasteiger partial charge in [-0.1, -0.05) is 0 Å². The van der Waals surface area contributed by atoms with Crippen LogP contribution in [-0.2, 0) is 6.54 Å². The van der Waals surface area contributed by atoms with Gasteiger partial charge in [-0.15, -0.1) is 0 Å². The van der Waals surface area contributed by atoms with Crippen LogP contribution in [0.15, 0.2) is 18.5 Å². The first-order chi connectivity index (χ1) is 5.74. The Morgan fingerprint density at radius 2 is 2.58 bits per heavy atom. The Hall–Kier alpha value is -1.49. The second kappa shape index (κ2) is 3.77. The molecular weight excluding hydrogens is 156 g/mol. The highest BCUT2D eigenvalue weighted by Gasteiger charge is 2.05. The standard InChI is InChI=1S/C7H12N4O/c1-11(7(12)10-8)5-6-2-3-9-4-6/h2-4,9H,5,8H2,1H3,(H,10,12). The van der Waals surface area contributed by atoms with Gasteiger partial charge in [0.1, 0.15) is 0 Å². The number of urea groups is 1. The second-order valence-corrected chi connectivity index (χ2v) is 2.52. The van der Waals surface area contributed by atoms with Crippen LogP contribution in [0.2, 0.25) is 0 Å². The molecule has 12 heavy (non-hydrogen) atoms. The quantitative estimate of drug-likeness (QED) is 0.331. The van der Waals surface area contributed by atoms with Gasteiger partial charge in [0, 0.05) is 26.0 Å². The lowest BCUT2D eigenvalue weighted by atomic mass is 10.3. The van der Waals surface area contributed by atoms with Crippen molar-refractivity contribution in [3.8, 4) is 0 Å². The molecule has 0 aromatic carbocycles. The van der Waals surface area contributed by atoms with Gasteiger partial charge in [-0.25, -0.2) is 10.6 Å². The van der Waals surface area contributed by atoms with Gasteiger partial charge in [-0.05, 0) is 11.6 Å². The molecule has 0 aliphatic heterocycles. The zero-order valence-electron chi connectivity index (χ0n) is 6.87. The van der Waals surface area contributed by atoms with Gasteiger partial charge in [-0.3, -0.25) is 5.43 Å². The van der Waals surface area contributed by atoms with Crippen LogP contribution in [0.25, 0.3) is 0 Å². The number of nitrogens with one attached hydrogen (secondary N) is 2. The number of hydrogen-bond acceptors (Lipinski definition) is 2. The fourth-order valence-corrected chi connectivity index (χ4v) is 0.913. The molecule has 0 atom stereocenters. The zero-order valence-corrected chi connectivity index (χ0v) is 6.87. The van der Waals surface area contributed by atoms with Gasteiger partial charge in [0.25, 0.3) is 0 Å². The monoisotopic (exact) mass is 168 g/mol. The second-order valence-electron chi connectivity index (χ2n) is 2.52. The number of nitrogens with zero attached hydrogens (tertiary/aromatic N) is 1. The van der Waals surface area contributed by atoms with Crippen molar-refractivity contribution in [1.29, 1.82) is 0 Å². The predicted octanol–water partition coefficient (Wildman–Crippen LogP) is 0.0298. The van der Waals surface area contributed by atoms with E-state index in [1.54, 1.807) is 7.05 Å². The highest BCUT2D eigenvalue weighted by molar-refractivity contribution is 5.73. The number of aromatic nitrogens is 1. The van der Waals surface area contributed by atoms with E-state index in [1.165, 1.54) is 4.90 Å². The van der Waals surface area contributed by atoms with E-state index < -0.39 is 0 Å². The van der Waals surface area contributed by atoms with E-state index in [0.29, 0.717) is 6.54 Å². The molecule has 66 valence electrons. The van der Waals surface area contributed by atoms with Gasteiger partial charge in [0.2, 0.25) is 0 Å². The van der Waals surface area contributed by atoms with E-state index in [1.807, 2.05) is 18.5 Å². The highest BCUT2D eigenvalue weighted by atomic mass is 16.2. The van der Waals surface area contributed by atoms with Crippen molar-refractivity contribution in [1.82, 2.24) is 15.3 Å². The van der Waals surface area contributed by atoms with Crippen molar-refractivity contribution in [3.05, 3.63) is 24.0 Å². The van der Waals surface area contributed by atoms with Crippen LogP contribution in [-0.4, -0.2) is 23.0 Å². The van der Waals surface area contributed by atoms with Gasteiger partial charge >= 0.3 is 6.03 Å². The Bertz CT molecular complexity index is 244. The third-order valence-electron chi connectivity index (χ3n) is 1.55. The van der Waals surface area contributed by atoms with Crippen LogP contribution in [0.1, 0.15) is 5.56 Å². The van der Waals surface area contributed by atoms with Crippen molar-refractivity contribution in [2.45, 2.75) is 6.54 Å². The average Bonchev–Trinajstić information content (AvgIpc) is 2.55. The van der Waals surface area contributed by atoms with E-state index in [9.17, 15) is 4.79 Å². The molecule has 1 heterocycles. The number of hydrogen-bond donors (Lipinski definition) is 3. The number of H-pyrrole nitrogens is 1. The first kappa shape index (κ1) is 8.61. The lowest BCUT2D eigenvalue weighted by Crippen LogP contribution is -2.40. The maximum atomic E-state index is 10.9. The molecule has 4 N–H and O–H groups in total. The van der Waals surface area contributed by atoms with E-state index in [4.69, 9.17) is 5.84 Å². The highest BCUT2D eigenvalue weighted by Crippen LogP contribution is 2.00. The molecular formula is C7H12N4O. The zero-order chi connectivity index (χ0) is 8.97. The largest absolute Gasteiger partial charge is 0.367 e. The number of carbonyl (C=O) groups excluding carboxylic acids is 1. The Morgan fingerprint density at radius 1 is 1.83 bits per heavy atom. The first-order valence-corrected chi connectivity index (χ1v) is 3.57. The van der Waals surface area contributed by atoms with Crippen LogP contribution in [0.4, 0.5) is 4.79 Å². The summed E-state index contributed by atoms with van der Waals surface area (Å²) >= 11 is 0. The molecule has 0 bridgehead atoms. The minimum Gasteiger partial charge on any atom is -0.367 e. The number of amides is 2. The maximum Gasteiger partial charge on any atom is 0.331 e. The van der Waals surface area contributed by atoms with Crippen LogP contribution >= 0.6 is 0 Å². The number of hydrazine groups is 1. The number of aromatic amines is 1. The Kier molecular flexibility index (Phi) is 2.71. The molecule has 0 saturated heterocycles. The fourth-order valence-electron chi connectivity index (χ4n) is 0.913. The lowest BCUT2D eigenvalue weighted by molar-refractivity contribution is 0.207. The molecule has 0 fully saturated rings. The molecule has 1 rings (SSSR count). The molecule has 0 aliphatic rings. The third-order valence-corrected chi connectivity index (χ3v) is 1.55. The fraction of sp³-hybridized carbons (Fsp3) is 0.286. The maximum absolute atomic E-state index is 10.9. The summed E-state index contributed by atoms with van der Waals surface area (Å²) in [6.07, 6.45) is 3.64. The first-order valence-electron chi connectivity index (χ1n) is 3.57. The predicted molar refractivity (Wildman–Crippen MR) is 45.0 cm³/mol. The summed E-state index contributed by atoms with van der Waals surface area (Å²) in [5, 5.41) is 0. The molecule has 1 aromatic heterocycles. The van der Waals surface area contributed by atoms with E-state index in [0.717, 1.165) is 5.56 Å². The summed E-state index contributed by atoms with van der Waals surface area (Å²) in [6, 6.07) is 1.61. The minimum atomic E-state index is -0.295. The number of rotatable bonds is 2. The summed E-state index contributed by atoms with van der Waals surface area (Å²) in [5.41, 5.74) is 3.10. The van der Waals surface area contributed by atoms with E-state index in [-0.39, 0.29) is 6.03 Å². The molecule has 0 unspecified atom stereocenters. The van der Waals surface area contributed by atoms with Crippen molar-refractivity contribution in [2.75, 3.05) is 7.05 Å². The molecule has 2 amide bonds. The van der Waals surface area contributed by atoms with Crippen LogP contribution in [0.3, 0.4) is 0 Å². The molecule has 0 saturated carbocycles. The smallest absolute Gasteiger partial charge is 0.331 e. The lowest BCUT2D eigenvalue weighted by Gasteiger charge is -2.14. The minimum absolute atomic E-state index is 0.295. The summed E-state index contributed by atoms with van der Waals surface area (Å²) in [5.74, 6) is 4.95. The van der Waals surface area contributed by atoms with Gasteiger partial charge < -0.3 is 9.88 Å². The average molecular weight is 168 g/mol. The molecule has 0 radical (unpaired) electrons. The number of carbonyl (C=O) groups is 1. The Morgan fingerprint density at radius 3 is 3.08 bits per heavy atom. The summed E-state index contributed by atoms with van der Waals surface area (Å²) in [7, 11) is 1.68. The summed E-state index contributed by atoms with van der Waals surface area (Å²) < 4.78 is 0. The topological polar surface area (TPSA) is 74.2 Å². The molecule has 5 nitrogen and oxygen atoms in total. The molecule has 5 heteroatoms. The van der Waals surface area contributed by atoms with Gasteiger partial charge in [-0.2, -0.15) is 0 Å². The normalized spacial score (nSPS) is 9.50.